The van der Waals surface area contributed by atoms with Crippen LogP contribution in [-0.2, 0) is 6.54 Å². The first kappa shape index (κ1) is 22.3. The molecule has 3 aromatic carbocycles. The molecule has 2 heterocycles. The number of methoxy groups -OCH3 is 1. The van der Waals surface area contributed by atoms with Gasteiger partial charge in [0.2, 0.25) is 5.76 Å². The van der Waals surface area contributed by atoms with Gasteiger partial charge in [-0.25, -0.2) is 0 Å². The average Bonchev–Trinajstić information content (AvgIpc) is 3.12. The molecule has 1 aromatic heterocycles. The van der Waals surface area contributed by atoms with Gasteiger partial charge in [0.15, 0.2) is 5.43 Å². The van der Waals surface area contributed by atoms with Crippen molar-refractivity contribution < 1.29 is 18.9 Å². The molecule has 1 aliphatic heterocycles. The monoisotopic (exact) mass is 470 g/mol. The van der Waals surface area contributed by atoms with Crippen molar-refractivity contribution in [3.63, 3.8) is 0 Å². The second-order valence-electron chi connectivity index (χ2n) is 8.64. The zero-order valence-corrected chi connectivity index (χ0v) is 19.4. The van der Waals surface area contributed by atoms with Crippen molar-refractivity contribution in [1.29, 1.82) is 0 Å². The third-order valence-electron chi connectivity index (χ3n) is 6.49. The van der Waals surface area contributed by atoms with E-state index in [1.807, 2.05) is 26.0 Å². The molecule has 0 bridgehead atoms. The fraction of sp³-hybridized carbons (Fsp3) is 0.185. The molecule has 0 aliphatic carbocycles. The zero-order chi connectivity index (χ0) is 24.9. The lowest BCUT2D eigenvalue weighted by Crippen LogP contribution is -2.29. The van der Waals surface area contributed by atoms with Crippen LogP contribution in [0.25, 0.3) is 11.0 Å². The maximum Gasteiger partial charge on any atom is 0.291 e. The second-order valence-corrected chi connectivity index (χ2v) is 8.64. The maximum absolute atomic E-state index is 13.7. The van der Waals surface area contributed by atoms with Gasteiger partial charge in [-0.05, 0) is 60.4 Å². The van der Waals surface area contributed by atoms with Crippen LogP contribution in [-0.4, -0.2) is 22.8 Å². The topological polar surface area (TPSA) is 103 Å². The Labute approximate surface area is 200 Å². The van der Waals surface area contributed by atoms with Gasteiger partial charge in [-0.15, -0.1) is 0 Å². The summed E-state index contributed by atoms with van der Waals surface area (Å²) in [7, 11) is 1.57. The number of benzene rings is 3. The van der Waals surface area contributed by atoms with E-state index in [4.69, 9.17) is 9.15 Å². The number of fused-ring (bicyclic) bond motifs is 2. The van der Waals surface area contributed by atoms with Gasteiger partial charge in [0.25, 0.3) is 11.6 Å². The number of hydrogen-bond acceptors (Lipinski definition) is 6. The maximum atomic E-state index is 13.7. The van der Waals surface area contributed by atoms with Gasteiger partial charge >= 0.3 is 0 Å². The van der Waals surface area contributed by atoms with Crippen LogP contribution < -0.4 is 10.2 Å². The van der Waals surface area contributed by atoms with Gasteiger partial charge in [0, 0.05) is 18.7 Å². The lowest BCUT2D eigenvalue weighted by Gasteiger charge is -2.25. The van der Waals surface area contributed by atoms with Crippen LogP contribution in [0.3, 0.4) is 0 Å². The molecule has 1 amide bonds. The number of nitro benzene ring substituents is 1. The van der Waals surface area contributed by atoms with Gasteiger partial charge in [-0.3, -0.25) is 19.7 Å². The number of non-ortho nitro benzene ring substituents is 1. The molecular weight excluding hydrogens is 448 g/mol. The lowest BCUT2D eigenvalue weighted by molar-refractivity contribution is -0.384. The smallest absolute Gasteiger partial charge is 0.291 e. The fourth-order valence-electron chi connectivity index (χ4n) is 4.52. The van der Waals surface area contributed by atoms with E-state index in [0.717, 1.165) is 16.7 Å². The molecule has 0 fully saturated rings. The molecule has 0 spiro atoms. The van der Waals surface area contributed by atoms with Crippen molar-refractivity contribution in [3.8, 4) is 5.75 Å². The number of aryl methyl sites for hydroxylation is 2. The van der Waals surface area contributed by atoms with E-state index >= 15 is 0 Å². The summed E-state index contributed by atoms with van der Waals surface area (Å²) in [4.78, 5) is 39.8. The van der Waals surface area contributed by atoms with E-state index in [1.165, 1.54) is 17.0 Å². The first-order valence-corrected chi connectivity index (χ1v) is 11.0. The van der Waals surface area contributed by atoms with Gasteiger partial charge in [0.05, 0.1) is 29.0 Å². The van der Waals surface area contributed by atoms with Gasteiger partial charge in [0.1, 0.15) is 11.3 Å². The van der Waals surface area contributed by atoms with E-state index in [-0.39, 0.29) is 29.0 Å². The van der Waals surface area contributed by atoms with Crippen molar-refractivity contribution >= 4 is 22.6 Å². The third-order valence-corrected chi connectivity index (χ3v) is 6.49. The first-order chi connectivity index (χ1) is 16.8. The second kappa shape index (κ2) is 8.39. The Kier molecular flexibility index (Phi) is 5.36. The Balaban J connectivity index is 1.72. The van der Waals surface area contributed by atoms with Gasteiger partial charge in [-0.2, -0.15) is 0 Å². The summed E-state index contributed by atoms with van der Waals surface area (Å²) >= 11 is 0. The number of hydrogen-bond donors (Lipinski definition) is 0. The summed E-state index contributed by atoms with van der Waals surface area (Å²) in [6.45, 7) is 3.99. The Morgan fingerprint density at radius 1 is 1.03 bits per heavy atom. The van der Waals surface area contributed by atoms with Gasteiger partial charge < -0.3 is 14.1 Å². The molecule has 8 nitrogen and oxygen atoms in total. The number of carbonyl (C=O) groups is 1. The predicted octanol–water partition coefficient (Wildman–Crippen LogP) is 5.07. The van der Waals surface area contributed by atoms with E-state index in [1.54, 1.807) is 43.5 Å². The molecule has 0 N–H and O–H groups in total. The molecule has 5 rings (SSSR count). The Morgan fingerprint density at radius 2 is 1.74 bits per heavy atom. The quantitative estimate of drug-likeness (QED) is 0.298. The molecule has 1 atom stereocenters. The van der Waals surface area contributed by atoms with Gasteiger partial charge in [-0.1, -0.05) is 24.3 Å². The summed E-state index contributed by atoms with van der Waals surface area (Å²) in [5.41, 5.74) is 3.25. The molecule has 1 aliphatic rings. The summed E-state index contributed by atoms with van der Waals surface area (Å²) < 4.78 is 11.2. The molecule has 1 unspecified atom stereocenters. The fourth-order valence-corrected chi connectivity index (χ4v) is 4.52. The number of nitrogens with zero attached hydrogens (tertiary/aromatic N) is 2. The number of carbonyl (C=O) groups excluding carboxylic acids is 1. The lowest BCUT2D eigenvalue weighted by atomic mass is 9.97. The van der Waals surface area contributed by atoms with Crippen molar-refractivity contribution in [1.82, 2.24) is 4.90 Å². The molecule has 0 saturated carbocycles. The highest BCUT2D eigenvalue weighted by atomic mass is 16.6. The van der Waals surface area contributed by atoms with E-state index < -0.39 is 16.9 Å². The third kappa shape index (κ3) is 3.73. The Morgan fingerprint density at radius 3 is 2.43 bits per heavy atom. The Hall–Kier alpha value is -4.46. The minimum atomic E-state index is -0.832. The average molecular weight is 470 g/mol. The van der Waals surface area contributed by atoms with Crippen LogP contribution in [0.4, 0.5) is 5.69 Å². The summed E-state index contributed by atoms with van der Waals surface area (Å²) in [5, 5.41) is 11.8. The highest BCUT2D eigenvalue weighted by Gasteiger charge is 2.43. The van der Waals surface area contributed by atoms with E-state index in [0.29, 0.717) is 22.3 Å². The van der Waals surface area contributed by atoms with Crippen molar-refractivity contribution in [2.75, 3.05) is 7.11 Å². The van der Waals surface area contributed by atoms with E-state index in [9.17, 15) is 19.7 Å². The van der Waals surface area contributed by atoms with Crippen LogP contribution in [0, 0.1) is 24.0 Å². The first-order valence-electron chi connectivity index (χ1n) is 11.0. The SMILES string of the molecule is COc1ccc(CN2C(=O)c3oc4cc(C)c(C)cc4c(=O)c3C2c2cccc([N+](=O)[O-])c2)cc1. The Bertz CT molecular complexity index is 1550. The number of amides is 1. The zero-order valence-electron chi connectivity index (χ0n) is 19.4. The molecule has 35 heavy (non-hydrogen) atoms. The summed E-state index contributed by atoms with van der Waals surface area (Å²) in [6.07, 6.45) is 0. The van der Waals surface area contributed by atoms with Crippen molar-refractivity contribution in [3.05, 3.63) is 115 Å². The highest BCUT2D eigenvalue weighted by molar-refractivity contribution is 5.99. The molecule has 176 valence electrons. The summed E-state index contributed by atoms with van der Waals surface area (Å²) in [6, 6.07) is 15.9. The minimum Gasteiger partial charge on any atom is -0.497 e. The van der Waals surface area contributed by atoms with E-state index in [2.05, 4.69) is 0 Å². The largest absolute Gasteiger partial charge is 0.497 e. The number of ether oxygens (including phenoxy) is 1. The van der Waals surface area contributed by atoms with Crippen LogP contribution in [0.15, 0.2) is 69.9 Å². The predicted molar refractivity (Wildman–Crippen MR) is 130 cm³/mol. The molecular formula is C27H22N2O6. The van der Waals surface area contributed by atoms with Crippen LogP contribution >= 0.6 is 0 Å². The van der Waals surface area contributed by atoms with Crippen molar-refractivity contribution in [2.45, 2.75) is 26.4 Å². The molecule has 8 heteroatoms. The molecule has 4 aromatic rings. The van der Waals surface area contributed by atoms with Crippen LogP contribution in [0.1, 0.15) is 44.4 Å². The van der Waals surface area contributed by atoms with Crippen molar-refractivity contribution in [2.24, 2.45) is 0 Å². The number of rotatable bonds is 5. The highest BCUT2D eigenvalue weighted by Crippen LogP contribution is 2.40. The standard InChI is InChI=1S/C27H22N2O6/c1-15-11-21-22(12-16(15)2)35-26-23(25(21)30)24(18-5-4-6-19(13-18)29(32)33)28(27(26)31)14-17-7-9-20(34-3)10-8-17/h4-13,24H,14H2,1-3H3. The molecule has 0 radical (unpaired) electrons. The van der Waals surface area contributed by atoms with Crippen LogP contribution in [0.5, 0.6) is 5.75 Å². The minimum absolute atomic E-state index is 0.0317. The summed E-state index contributed by atoms with van der Waals surface area (Å²) in [5.74, 6) is 0.203. The van der Waals surface area contributed by atoms with Crippen LogP contribution in [0.2, 0.25) is 0 Å². The molecule has 0 saturated heterocycles. The normalized spacial score (nSPS) is 14.9. The number of nitro groups is 1.